The second-order valence-corrected chi connectivity index (χ2v) is 6.73. The van der Waals surface area contributed by atoms with Crippen molar-refractivity contribution in [3.63, 3.8) is 0 Å². The van der Waals surface area contributed by atoms with Crippen molar-refractivity contribution in [2.45, 2.75) is 20.4 Å². The van der Waals surface area contributed by atoms with Crippen LogP contribution in [-0.4, -0.2) is 54.4 Å². The first-order valence-electron chi connectivity index (χ1n) is 9.76. The second-order valence-electron chi connectivity index (χ2n) is 6.73. The van der Waals surface area contributed by atoms with Gasteiger partial charge in [-0.3, -0.25) is 4.79 Å². The van der Waals surface area contributed by atoms with E-state index in [0.29, 0.717) is 6.54 Å². The molecule has 1 aliphatic rings. The molecule has 156 valence electrons. The summed E-state index contributed by atoms with van der Waals surface area (Å²) in [6.07, 6.45) is 0. The summed E-state index contributed by atoms with van der Waals surface area (Å²) in [5.41, 5.74) is 1.09. The molecular weight excluding hydrogens is 479 g/mol. The number of hydrogen-bond donors (Lipinski definition) is 1. The Labute approximate surface area is 190 Å². The number of nitrogens with zero attached hydrogens (tertiary/aromatic N) is 3. The number of piperazine rings is 1. The van der Waals surface area contributed by atoms with Crippen LogP contribution in [0.15, 0.2) is 59.6 Å². The van der Waals surface area contributed by atoms with E-state index in [4.69, 9.17) is 9.73 Å². The van der Waals surface area contributed by atoms with Gasteiger partial charge in [-0.05, 0) is 36.8 Å². The molecule has 1 amide bonds. The Morgan fingerprint density at radius 1 is 1.00 bits per heavy atom. The first kappa shape index (κ1) is 23.0. The Hall–Kier alpha value is -2.29. The molecule has 7 heteroatoms. The van der Waals surface area contributed by atoms with Gasteiger partial charge in [-0.2, -0.15) is 0 Å². The predicted octanol–water partition coefficient (Wildman–Crippen LogP) is 3.73. The van der Waals surface area contributed by atoms with E-state index in [0.717, 1.165) is 55.7 Å². The van der Waals surface area contributed by atoms with Crippen molar-refractivity contribution in [1.29, 1.82) is 0 Å². The number of carbonyl (C=O) groups is 1. The Morgan fingerprint density at radius 2 is 1.66 bits per heavy atom. The molecule has 0 radical (unpaired) electrons. The fourth-order valence-corrected chi connectivity index (χ4v) is 3.16. The number of para-hydroxylation sites is 1. The highest BCUT2D eigenvalue weighted by Gasteiger charge is 2.20. The molecule has 0 spiro atoms. The third-order valence-electron chi connectivity index (χ3n) is 4.65. The van der Waals surface area contributed by atoms with Crippen molar-refractivity contribution < 1.29 is 9.53 Å². The van der Waals surface area contributed by atoms with Crippen LogP contribution in [0, 0.1) is 0 Å². The number of carbonyl (C=O) groups excluding carboxylic acids is 1. The number of benzene rings is 2. The van der Waals surface area contributed by atoms with Crippen LogP contribution in [0.25, 0.3) is 0 Å². The summed E-state index contributed by atoms with van der Waals surface area (Å²) in [5.74, 6) is 2.65. The maximum atomic E-state index is 11.5. The minimum Gasteiger partial charge on any atom is -0.457 e. The summed E-state index contributed by atoms with van der Waals surface area (Å²) in [4.78, 5) is 20.4. The lowest BCUT2D eigenvalue weighted by atomic mass is 10.2. The first-order chi connectivity index (χ1) is 13.7. The minimum absolute atomic E-state index is 0. The molecular formula is C22H29IN4O2. The number of nitrogens with one attached hydrogen (secondary N) is 1. The van der Waals surface area contributed by atoms with Gasteiger partial charge in [0.15, 0.2) is 5.96 Å². The van der Waals surface area contributed by atoms with E-state index >= 15 is 0 Å². The first-order valence-corrected chi connectivity index (χ1v) is 9.76. The van der Waals surface area contributed by atoms with Crippen LogP contribution in [0.5, 0.6) is 11.5 Å². The van der Waals surface area contributed by atoms with Gasteiger partial charge in [-0.15, -0.1) is 24.0 Å². The quantitative estimate of drug-likeness (QED) is 0.380. The minimum atomic E-state index is 0. The largest absolute Gasteiger partial charge is 0.457 e. The van der Waals surface area contributed by atoms with Crippen molar-refractivity contribution in [3.05, 3.63) is 60.2 Å². The molecule has 0 aliphatic carbocycles. The lowest BCUT2D eigenvalue weighted by molar-refractivity contribution is -0.130. The Kier molecular flexibility index (Phi) is 9.24. The number of hydrogen-bond acceptors (Lipinski definition) is 3. The van der Waals surface area contributed by atoms with Gasteiger partial charge in [-0.1, -0.05) is 30.3 Å². The smallest absolute Gasteiger partial charge is 0.219 e. The molecule has 1 saturated heterocycles. The molecule has 29 heavy (non-hydrogen) atoms. The Balaban J connectivity index is 0.00000300. The fourth-order valence-electron chi connectivity index (χ4n) is 3.16. The van der Waals surface area contributed by atoms with Crippen molar-refractivity contribution in [3.8, 4) is 11.5 Å². The SMILES string of the molecule is CCNC(=NCc1cccc(Oc2ccccc2)c1)N1CCN(C(C)=O)CC1.I. The number of guanidine groups is 1. The van der Waals surface area contributed by atoms with E-state index in [1.807, 2.05) is 53.4 Å². The van der Waals surface area contributed by atoms with Crippen molar-refractivity contribution in [2.24, 2.45) is 4.99 Å². The number of aliphatic imine (C=N–C) groups is 1. The topological polar surface area (TPSA) is 57.2 Å². The van der Waals surface area contributed by atoms with Crippen molar-refractivity contribution >= 4 is 35.8 Å². The van der Waals surface area contributed by atoms with E-state index in [1.54, 1.807) is 6.92 Å². The van der Waals surface area contributed by atoms with Crippen LogP contribution in [-0.2, 0) is 11.3 Å². The summed E-state index contributed by atoms with van der Waals surface area (Å²) < 4.78 is 5.91. The standard InChI is InChI=1S/C22H28N4O2.HI/c1-3-23-22(26-14-12-25(13-15-26)18(2)27)24-17-19-8-7-11-21(16-19)28-20-9-5-4-6-10-20;/h4-11,16H,3,12-15,17H2,1-2H3,(H,23,24);1H. The average Bonchev–Trinajstić information content (AvgIpc) is 2.72. The zero-order chi connectivity index (χ0) is 19.8. The average molecular weight is 508 g/mol. The maximum Gasteiger partial charge on any atom is 0.219 e. The maximum absolute atomic E-state index is 11.5. The Morgan fingerprint density at radius 3 is 2.31 bits per heavy atom. The van der Waals surface area contributed by atoms with E-state index in [2.05, 4.69) is 23.2 Å². The van der Waals surface area contributed by atoms with E-state index in [-0.39, 0.29) is 29.9 Å². The molecule has 0 bridgehead atoms. The van der Waals surface area contributed by atoms with Crippen molar-refractivity contribution in [1.82, 2.24) is 15.1 Å². The lowest BCUT2D eigenvalue weighted by Crippen LogP contribution is -2.53. The van der Waals surface area contributed by atoms with Gasteiger partial charge in [0.05, 0.1) is 6.54 Å². The molecule has 3 rings (SSSR count). The highest BCUT2D eigenvalue weighted by atomic mass is 127. The van der Waals surface area contributed by atoms with Gasteiger partial charge in [0.1, 0.15) is 11.5 Å². The summed E-state index contributed by atoms with van der Waals surface area (Å²) in [6.45, 7) is 8.13. The lowest BCUT2D eigenvalue weighted by Gasteiger charge is -2.36. The highest BCUT2D eigenvalue weighted by molar-refractivity contribution is 14.0. The van der Waals surface area contributed by atoms with Gasteiger partial charge in [0, 0.05) is 39.6 Å². The molecule has 2 aromatic carbocycles. The van der Waals surface area contributed by atoms with Crippen LogP contribution >= 0.6 is 24.0 Å². The summed E-state index contributed by atoms with van der Waals surface area (Å²) >= 11 is 0. The van der Waals surface area contributed by atoms with Crippen LogP contribution in [0.2, 0.25) is 0 Å². The number of ether oxygens (including phenoxy) is 1. The molecule has 0 saturated carbocycles. The van der Waals surface area contributed by atoms with Gasteiger partial charge in [0.2, 0.25) is 5.91 Å². The number of rotatable bonds is 5. The van der Waals surface area contributed by atoms with Crippen LogP contribution in [0.1, 0.15) is 19.4 Å². The number of amides is 1. The molecule has 1 aliphatic heterocycles. The molecule has 2 aromatic rings. The molecule has 0 atom stereocenters. The van der Waals surface area contributed by atoms with E-state index in [1.165, 1.54) is 0 Å². The van der Waals surface area contributed by atoms with Gasteiger partial charge in [-0.25, -0.2) is 4.99 Å². The van der Waals surface area contributed by atoms with Gasteiger partial charge >= 0.3 is 0 Å². The normalized spacial score (nSPS) is 14.2. The van der Waals surface area contributed by atoms with Crippen molar-refractivity contribution in [2.75, 3.05) is 32.7 Å². The molecule has 0 unspecified atom stereocenters. The second kappa shape index (κ2) is 11.6. The predicted molar refractivity (Wildman–Crippen MR) is 127 cm³/mol. The molecule has 1 heterocycles. The summed E-state index contributed by atoms with van der Waals surface area (Å²) in [5, 5.41) is 3.36. The highest BCUT2D eigenvalue weighted by Crippen LogP contribution is 2.22. The Bertz CT molecular complexity index is 805. The van der Waals surface area contributed by atoms with Gasteiger partial charge < -0.3 is 19.9 Å². The summed E-state index contributed by atoms with van der Waals surface area (Å²) in [6, 6.07) is 17.8. The zero-order valence-corrected chi connectivity index (χ0v) is 19.3. The van der Waals surface area contributed by atoms with Crippen LogP contribution in [0.3, 0.4) is 0 Å². The number of halogens is 1. The molecule has 0 aromatic heterocycles. The van der Waals surface area contributed by atoms with E-state index < -0.39 is 0 Å². The molecule has 1 fully saturated rings. The summed E-state index contributed by atoms with van der Waals surface area (Å²) in [7, 11) is 0. The molecule has 6 nitrogen and oxygen atoms in total. The van der Waals surface area contributed by atoms with Crippen LogP contribution < -0.4 is 10.1 Å². The fraction of sp³-hybridized carbons (Fsp3) is 0.364. The molecule has 1 N–H and O–H groups in total. The van der Waals surface area contributed by atoms with Gasteiger partial charge in [0.25, 0.3) is 0 Å². The monoisotopic (exact) mass is 508 g/mol. The zero-order valence-electron chi connectivity index (χ0n) is 17.0. The van der Waals surface area contributed by atoms with Crippen LogP contribution in [0.4, 0.5) is 0 Å². The third kappa shape index (κ3) is 6.92. The van der Waals surface area contributed by atoms with E-state index in [9.17, 15) is 4.79 Å². The third-order valence-corrected chi connectivity index (χ3v) is 4.65.